The number of hydrogen-bond donors (Lipinski definition) is 2. The van der Waals surface area contributed by atoms with Gasteiger partial charge in [0.25, 0.3) is 16.0 Å². The first-order valence-corrected chi connectivity index (χ1v) is 7.45. The highest BCUT2D eigenvalue weighted by Gasteiger charge is 2.18. The van der Waals surface area contributed by atoms with E-state index in [1.165, 1.54) is 24.7 Å². The molecule has 0 spiro atoms. The van der Waals surface area contributed by atoms with E-state index in [2.05, 4.69) is 30.2 Å². The highest BCUT2D eigenvalue weighted by atomic mass is 35.5. The molecule has 2 aromatic heterocycles. The second kappa shape index (κ2) is 5.97. The zero-order chi connectivity index (χ0) is 14.6. The van der Waals surface area contributed by atoms with Crippen LogP contribution in [0.5, 0.6) is 0 Å². The number of anilines is 2. The molecule has 0 aromatic carbocycles. The topological polar surface area (TPSA) is 110 Å². The molecule has 0 amide bonds. The lowest BCUT2D eigenvalue weighted by Crippen LogP contribution is -2.16. The lowest BCUT2D eigenvalue weighted by atomic mass is 10.4. The Morgan fingerprint density at radius 2 is 2.10 bits per heavy atom. The van der Waals surface area contributed by atoms with Crippen LogP contribution in [0.25, 0.3) is 0 Å². The van der Waals surface area contributed by atoms with Gasteiger partial charge in [-0.15, -0.1) is 5.10 Å². The summed E-state index contributed by atoms with van der Waals surface area (Å²) < 4.78 is 26.4. The van der Waals surface area contributed by atoms with Crippen LogP contribution in [0.4, 0.5) is 11.8 Å². The Hall–Kier alpha value is -2.00. The molecule has 0 bridgehead atoms. The molecule has 0 saturated carbocycles. The Morgan fingerprint density at radius 3 is 2.70 bits per heavy atom. The number of rotatable bonds is 5. The van der Waals surface area contributed by atoms with Gasteiger partial charge in [0.1, 0.15) is 10.7 Å². The molecule has 0 fully saturated rings. The second-order valence-electron chi connectivity index (χ2n) is 3.60. The van der Waals surface area contributed by atoms with Gasteiger partial charge in [0.15, 0.2) is 0 Å². The quantitative estimate of drug-likeness (QED) is 0.851. The SMILES string of the molecule is CCNc1ncc(S(=O)(=O)Nc2nccnn2)cc1Cl. The molecular formula is C10H11ClN6O2S. The van der Waals surface area contributed by atoms with Crippen molar-refractivity contribution in [2.24, 2.45) is 0 Å². The van der Waals surface area contributed by atoms with Crippen LogP contribution < -0.4 is 10.0 Å². The van der Waals surface area contributed by atoms with Crippen LogP contribution in [-0.2, 0) is 10.0 Å². The van der Waals surface area contributed by atoms with E-state index >= 15 is 0 Å². The van der Waals surface area contributed by atoms with Crippen molar-refractivity contribution < 1.29 is 8.42 Å². The summed E-state index contributed by atoms with van der Waals surface area (Å²) in [7, 11) is -3.86. The van der Waals surface area contributed by atoms with Crippen LogP contribution in [0, 0.1) is 0 Å². The molecule has 8 nitrogen and oxygen atoms in total. The van der Waals surface area contributed by atoms with Crippen LogP contribution in [0.15, 0.2) is 29.6 Å². The Balaban J connectivity index is 2.28. The van der Waals surface area contributed by atoms with Crippen molar-refractivity contribution >= 4 is 33.4 Å². The third-order valence-electron chi connectivity index (χ3n) is 2.18. The van der Waals surface area contributed by atoms with Crippen molar-refractivity contribution in [3.63, 3.8) is 0 Å². The smallest absolute Gasteiger partial charge is 0.265 e. The first-order valence-electron chi connectivity index (χ1n) is 5.59. The molecule has 0 aliphatic heterocycles. The Kier molecular flexibility index (Phi) is 4.30. The van der Waals surface area contributed by atoms with E-state index in [4.69, 9.17) is 11.6 Å². The van der Waals surface area contributed by atoms with Gasteiger partial charge in [0, 0.05) is 12.7 Å². The third kappa shape index (κ3) is 3.31. The van der Waals surface area contributed by atoms with E-state index in [1.54, 1.807) is 0 Å². The molecule has 0 radical (unpaired) electrons. The first kappa shape index (κ1) is 14.4. The lowest BCUT2D eigenvalue weighted by molar-refractivity contribution is 0.600. The summed E-state index contributed by atoms with van der Waals surface area (Å²) in [4.78, 5) is 7.60. The van der Waals surface area contributed by atoms with E-state index in [0.29, 0.717) is 12.4 Å². The maximum Gasteiger partial charge on any atom is 0.265 e. The molecule has 20 heavy (non-hydrogen) atoms. The van der Waals surface area contributed by atoms with Crippen LogP contribution in [0.3, 0.4) is 0 Å². The number of nitrogens with zero attached hydrogens (tertiary/aromatic N) is 4. The zero-order valence-electron chi connectivity index (χ0n) is 10.4. The fourth-order valence-corrected chi connectivity index (χ4v) is 2.55. The summed E-state index contributed by atoms with van der Waals surface area (Å²) in [6.07, 6.45) is 3.86. The summed E-state index contributed by atoms with van der Waals surface area (Å²) in [6.45, 7) is 2.50. The molecule has 106 valence electrons. The highest BCUT2D eigenvalue weighted by molar-refractivity contribution is 7.92. The zero-order valence-corrected chi connectivity index (χ0v) is 12.0. The molecule has 0 unspecified atom stereocenters. The van der Waals surface area contributed by atoms with Crippen LogP contribution in [0.2, 0.25) is 5.02 Å². The number of halogens is 1. The van der Waals surface area contributed by atoms with Gasteiger partial charge in [-0.25, -0.2) is 23.1 Å². The predicted octanol–water partition coefficient (Wildman–Crippen LogP) is 1.15. The van der Waals surface area contributed by atoms with Gasteiger partial charge < -0.3 is 5.32 Å². The predicted molar refractivity (Wildman–Crippen MR) is 74.0 cm³/mol. The average molecular weight is 315 g/mol. The number of aromatic nitrogens is 4. The minimum Gasteiger partial charge on any atom is -0.369 e. The Morgan fingerprint density at radius 1 is 1.30 bits per heavy atom. The highest BCUT2D eigenvalue weighted by Crippen LogP contribution is 2.23. The van der Waals surface area contributed by atoms with Crippen molar-refractivity contribution in [2.45, 2.75) is 11.8 Å². The molecule has 0 atom stereocenters. The fraction of sp³-hybridized carbons (Fsp3) is 0.200. The first-order chi connectivity index (χ1) is 9.53. The van der Waals surface area contributed by atoms with Gasteiger partial charge in [-0.1, -0.05) is 11.6 Å². The molecule has 2 N–H and O–H groups in total. The van der Waals surface area contributed by atoms with Crippen molar-refractivity contribution in [2.75, 3.05) is 16.6 Å². The number of hydrogen-bond acceptors (Lipinski definition) is 7. The van der Waals surface area contributed by atoms with Crippen LogP contribution >= 0.6 is 11.6 Å². The minimum absolute atomic E-state index is 0.0865. The van der Waals surface area contributed by atoms with Crippen molar-refractivity contribution in [1.29, 1.82) is 0 Å². The molecular weight excluding hydrogens is 304 g/mol. The monoisotopic (exact) mass is 314 g/mol. The summed E-state index contributed by atoms with van der Waals surface area (Å²) in [5.74, 6) is 0.296. The van der Waals surface area contributed by atoms with Gasteiger partial charge in [-0.2, -0.15) is 5.10 Å². The van der Waals surface area contributed by atoms with E-state index in [9.17, 15) is 8.42 Å². The Bertz CT molecular complexity index is 694. The molecule has 0 saturated heterocycles. The summed E-state index contributed by atoms with van der Waals surface area (Å²) >= 11 is 5.96. The molecule has 0 aliphatic carbocycles. The van der Waals surface area contributed by atoms with Gasteiger partial charge in [-0.3, -0.25) is 0 Å². The molecule has 10 heteroatoms. The summed E-state index contributed by atoms with van der Waals surface area (Å²) in [5.41, 5.74) is 0. The fourth-order valence-electron chi connectivity index (χ4n) is 1.34. The van der Waals surface area contributed by atoms with Crippen molar-refractivity contribution in [3.8, 4) is 0 Å². The van der Waals surface area contributed by atoms with E-state index < -0.39 is 10.0 Å². The van der Waals surface area contributed by atoms with Crippen molar-refractivity contribution in [3.05, 3.63) is 29.7 Å². The molecule has 2 aromatic rings. The maximum absolute atomic E-state index is 12.1. The van der Waals surface area contributed by atoms with Gasteiger partial charge in [-0.05, 0) is 13.0 Å². The van der Waals surface area contributed by atoms with Gasteiger partial charge >= 0.3 is 0 Å². The lowest BCUT2D eigenvalue weighted by Gasteiger charge is -2.08. The largest absolute Gasteiger partial charge is 0.369 e. The number of nitrogens with one attached hydrogen (secondary N) is 2. The number of sulfonamides is 1. The molecule has 2 rings (SSSR count). The minimum atomic E-state index is -3.86. The van der Waals surface area contributed by atoms with E-state index in [-0.39, 0.29) is 15.9 Å². The maximum atomic E-state index is 12.1. The van der Waals surface area contributed by atoms with Crippen molar-refractivity contribution in [1.82, 2.24) is 20.2 Å². The van der Waals surface area contributed by atoms with E-state index in [0.717, 1.165) is 0 Å². The van der Waals surface area contributed by atoms with Crippen LogP contribution in [0.1, 0.15) is 6.92 Å². The standard InChI is InChI=1S/C10H11ClN6O2S/c1-2-12-9-8(11)5-7(6-14-9)20(18,19)17-10-13-3-4-15-16-10/h3-6H,2H2,1H3,(H,12,14)(H,13,16,17). The second-order valence-corrected chi connectivity index (χ2v) is 5.69. The normalized spacial score (nSPS) is 11.1. The summed E-state index contributed by atoms with van der Waals surface area (Å²) in [6, 6.07) is 1.30. The molecule has 2 heterocycles. The third-order valence-corrected chi connectivity index (χ3v) is 3.76. The Labute approximate surface area is 120 Å². The average Bonchev–Trinajstić information content (AvgIpc) is 2.42. The molecule has 0 aliphatic rings. The number of pyridine rings is 1. The van der Waals surface area contributed by atoms with Gasteiger partial charge in [0.05, 0.1) is 17.4 Å². The van der Waals surface area contributed by atoms with Gasteiger partial charge in [0.2, 0.25) is 0 Å². The van der Waals surface area contributed by atoms with E-state index in [1.807, 2.05) is 6.92 Å². The van der Waals surface area contributed by atoms with Crippen LogP contribution in [-0.4, -0.2) is 35.1 Å². The summed E-state index contributed by atoms with van der Waals surface area (Å²) in [5, 5.41) is 10.2.